The molecule has 0 radical (unpaired) electrons. The van der Waals surface area contributed by atoms with Gasteiger partial charge in [0.25, 0.3) is 0 Å². The Balaban J connectivity index is 1.94. The van der Waals surface area contributed by atoms with Crippen molar-refractivity contribution >= 4 is 72.1 Å². The molecule has 0 amide bonds. The van der Waals surface area contributed by atoms with E-state index < -0.39 is 56.5 Å². The smallest absolute Gasteiger partial charge is 0.0693 e. The Morgan fingerprint density at radius 2 is 0.782 bits per heavy atom. The van der Waals surface area contributed by atoms with Gasteiger partial charge in [-0.3, -0.25) is 0 Å². The number of benzene rings is 4. The highest BCUT2D eigenvalue weighted by Crippen LogP contribution is 2.53. The second-order valence-corrected chi connectivity index (χ2v) is 61.7. The van der Waals surface area contributed by atoms with Crippen LogP contribution in [0.1, 0.15) is 60.7 Å². The lowest BCUT2D eigenvalue weighted by molar-refractivity contribution is 0.634. The summed E-state index contributed by atoms with van der Waals surface area (Å²) < 4.78 is 0. The van der Waals surface area contributed by atoms with Crippen molar-refractivity contribution in [2.75, 3.05) is 0 Å². The third-order valence-electron chi connectivity index (χ3n) is 13.5. The van der Waals surface area contributed by atoms with Crippen LogP contribution in [0.4, 0.5) is 0 Å². The van der Waals surface area contributed by atoms with E-state index in [2.05, 4.69) is 209 Å². The van der Waals surface area contributed by atoms with E-state index in [1.165, 1.54) is 6.04 Å². The molecule has 3 aliphatic rings. The average Bonchev–Trinajstić information content (AvgIpc) is 3.01. The number of hydrogen-bond acceptors (Lipinski definition) is 0. The number of fused-ring (bicyclic) bond motifs is 1. The fourth-order valence-electron chi connectivity index (χ4n) is 13.7. The molecule has 2 bridgehead atoms. The summed E-state index contributed by atoms with van der Waals surface area (Å²) in [4.78, 5) is 0. The Morgan fingerprint density at radius 3 is 1.15 bits per heavy atom. The lowest BCUT2D eigenvalue weighted by atomic mass is 9.77. The van der Waals surface area contributed by atoms with E-state index in [0.717, 1.165) is 5.16 Å². The van der Waals surface area contributed by atoms with Gasteiger partial charge in [-0.25, -0.2) is 0 Å². The molecular weight excluding hydrogens is 773 g/mol. The first-order valence-electron chi connectivity index (χ1n) is 21.5. The highest BCUT2D eigenvalue weighted by atomic mass is 28.4. The zero-order valence-corrected chi connectivity index (χ0v) is 45.3. The summed E-state index contributed by atoms with van der Waals surface area (Å²) in [5, 5.41) is 7.50. The molecule has 3 heterocycles. The second kappa shape index (κ2) is 14.3. The molecule has 7 heteroatoms. The zero-order valence-electron chi connectivity index (χ0n) is 38.3. The molecule has 0 nitrogen and oxygen atoms in total. The summed E-state index contributed by atoms with van der Waals surface area (Å²) in [6.45, 7) is 49.0. The van der Waals surface area contributed by atoms with Crippen molar-refractivity contribution < 1.29 is 0 Å². The molecular formula is C48H76Si7. The van der Waals surface area contributed by atoms with E-state index in [-0.39, 0.29) is 0 Å². The molecule has 0 saturated carbocycles. The topological polar surface area (TPSA) is 0 Å². The van der Waals surface area contributed by atoms with Gasteiger partial charge in [0.2, 0.25) is 0 Å². The van der Waals surface area contributed by atoms with Gasteiger partial charge in [0.05, 0.1) is 0 Å². The minimum atomic E-state index is -2.62. The summed E-state index contributed by atoms with van der Waals surface area (Å²) in [6, 6.07) is 39.0. The maximum absolute atomic E-state index is 2.98. The average molecular weight is 850 g/mol. The summed E-state index contributed by atoms with van der Waals surface area (Å²) in [5.41, 5.74) is 10.3. The minimum absolute atomic E-state index is 0.410. The zero-order chi connectivity index (χ0) is 40.9. The fraction of sp³-hybridized carbons (Fsp3) is 0.500. The molecule has 55 heavy (non-hydrogen) atoms. The summed E-state index contributed by atoms with van der Waals surface area (Å²) in [6.07, 6.45) is 0. The van der Waals surface area contributed by atoms with E-state index in [0.29, 0.717) is 22.2 Å². The van der Waals surface area contributed by atoms with Crippen LogP contribution in [0.5, 0.6) is 0 Å². The fourth-order valence-corrected chi connectivity index (χ4v) is 58.7. The van der Waals surface area contributed by atoms with E-state index in [4.69, 9.17) is 0 Å². The van der Waals surface area contributed by atoms with Crippen LogP contribution in [0.3, 0.4) is 0 Å². The van der Waals surface area contributed by atoms with Gasteiger partial charge in [-0.15, -0.1) is 0 Å². The molecule has 7 rings (SSSR count). The van der Waals surface area contributed by atoms with Gasteiger partial charge in [-0.2, -0.15) is 0 Å². The molecule has 0 aliphatic carbocycles. The molecule has 0 fully saturated rings. The van der Waals surface area contributed by atoms with Crippen molar-refractivity contribution in [1.82, 2.24) is 0 Å². The highest BCUT2D eigenvalue weighted by Gasteiger charge is 2.59. The molecule has 296 valence electrons. The van der Waals surface area contributed by atoms with Gasteiger partial charge < -0.3 is 0 Å². The van der Waals surface area contributed by atoms with Crippen LogP contribution in [0.15, 0.2) is 91.0 Å². The van der Waals surface area contributed by atoms with Gasteiger partial charge in [0.15, 0.2) is 0 Å². The third-order valence-corrected chi connectivity index (χ3v) is 46.6. The SMILES string of the molecule is C[Si](C)(C)C(c1cc(C([Si](C)(C)C)[Si](C)(C)C)c([Si]23CC(c4ccccc4)C(c4ccccc42)c2ccccc23)c(C([Si](C)(C)C)[Si](C)(C)C)c1)[Si](C)(C)C. The summed E-state index contributed by atoms with van der Waals surface area (Å²) in [7, 11) is -12.7. The third kappa shape index (κ3) is 7.71. The van der Waals surface area contributed by atoms with Crippen LogP contribution in [0.2, 0.25) is 124 Å². The second-order valence-electron chi connectivity index (χ2n) is 24.3. The first-order valence-corrected chi connectivity index (χ1v) is 45.2. The van der Waals surface area contributed by atoms with E-state index in [9.17, 15) is 0 Å². The van der Waals surface area contributed by atoms with Crippen LogP contribution in [0, 0.1) is 0 Å². The van der Waals surface area contributed by atoms with Crippen molar-refractivity contribution in [2.24, 2.45) is 0 Å². The maximum atomic E-state index is 2.98. The minimum Gasteiger partial charge on any atom is -0.0693 e. The Kier molecular flexibility index (Phi) is 11.2. The number of rotatable bonds is 11. The Labute approximate surface area is 345 Å². The molecule has 0 spiro atoms. The maximum Gasteiger partial charge on any atom is 0.150 e. The van der Waals surface area contributed by atoms with Crippen LogP contribution < -0.4 is 15.6 Å². The normalized spacial score (nSPS) is 20.7. The van der Waals surface area contributed by atoms with Crippen molar-refractivity contribution in [3.05, 3.63) is 124 Å². The Hall–Kier alpha value is -1.60. The van der Waals surface area contributed by atoms with Crippen molar-refractivity contribution in [3.63, 3.8) is 0 Å². The highest BCUT2D eigenvalue weighted by molar-refractivity contribution is 7.14. The van der Waals surface area contributed by atoms with Crippen LogP contribution >= 0.6 is 0 Å². The van der Waals surface area contributed by atoms with Gasteiger partial charge in [0, 0.05) is 54.4 Å². The molecule has 1 unspecified atom stereocenters. The van der Waals surface area contributed by atoms with Crippen molar-refractivity contribution in [1.29, 1.82) is 0 Å². The van der Waals surface area contributed by atoms with Gasteiger partial charge >= 0.3 is 0 Å². The Bertz CT molecular complexity index is 1880. The van der Waals surface area contributed by atoms with Crippen molar-refractivity contribution in [3.8, 4) is 0 Å². The standard InChI is InChI=1S/C48H76Si7/c1-49(2,3)46(50(4,5)6)36-32-39(47(51(7,8)9)52(10,11)12)45(40(33-36)48(53(13,14)15)54(16,17)18)55-34-41(35-26-20-19-21-27-35)44(37-28-22-24-30-42(37)55)38-29-23-25-31-43(38)55/h19-33,41,44,46-48H,34H2,1-18H3. The molecule has 1 atom stereocenters. The quantitative estimate of drug-likeness (QED) is 0.132. The van der Waals surface area contributed by atoms with Crippen LogP contribution in [-0.2, 0) is 0 Å². The largest absolute Gasteiger partial charge is 0.150 e. The molecule has 4 aromatic rings. The summed E-state index contributed by atoms with van der Waals surface area (Å²) >= 11 is 0. The molecule has 0 saturated heterocycles. The van der Waals surface area contributed by atoms with Crippen LogP contribution in [-0.4, -0.2) is 56.5 Å². The van der Waals surface area contributed by atoms with Gasteiger partial charge in [-0.05, 0) is 76.4 Å². The monoisotopic (exact) mass is 848 g/mol. The lowest BCUT2D eigenvalue weighted by Gasteiger charge is -2.56. The predicted molar refractivity (Wildman–Crippen MR) is 268 cm³/mol. The molecule has 0 N–H and O–H groups in total. The molecule has 3 aliphatic heterocycles. The predicted octanol–water partition coefficient (Wildman–Crippen LogP) is 12.9. The number of hydrogen-bond donors (Lipinski definition) is 0. The first-order chi connectivity index (χ1) is 25.1. The van der Waals surface area contributed by atoms with E-state index >= 15 is 0 Å². The van der Waals surface area contributed by atoms with Gasteiger partial charge in [-0.1, -0.05) is 209 Å². The lowest BCUT2D eigenvalue weighted by Crippen LogP contribution is -2.76. The van der Waals surface area contributed by atoms with Gasteiger partial charge in [0.1, 0.15) is 8.07 Å². The first kappa shape index (κ1) is 43.0. The van der Waals surface area contributed by atoms with Crippen LogP contribution in [0.25, 0.3) is 0 Å². The Morgan fingerprint density at radius 1 is 0.436 bits per heavy atom. The van der Waals surface area contributed by atoms with E-state index in [1.807, 2.05) is 16.3 Å². The van der Waals surface area contributed by atoms with Crippen molar-refractivity contribution in [2.45, 2.75) is 151 Å². The summed E-state index contributed by atoms with van der Waals surface area (Å²) in [5.74, 6) is 0.900. The molecule has 4 aromatic carbocycles. The molecule has 0 aromatic heterocycles. The van der Waals surface area contributed by atoms with E-state index in [1.54, 1.807) is 32.6 Å².